The Morgan fingerprint density at radius 1 is 1.39 bits per heavy atom. The van der Waals surface area contributed by atoms with Gasteiger partial charge in [-0.15, -0.1) is 0 Å². The molecule has 1 aliphatic carbocycles. The van der Waals surface area contributed by atoms with Crippen LogP contribution in [0.3, 0.4) is 0 Å². The van der Waals surface area contributed by atoms with Crippen molar-refractivity contribution in [2.24, 2.45) is 0 Å². The molecule has 5 nitrogen and oxygen atoms in total. The number of rotatable bonds is 5. The second-order valence-electron chi connectivity index (χ2n) is 4.28. The number of hydrogen-bond acceptors (Lipinski definition) is 3. The molecule has 0 spiro atoms. The van der Waals surface area contributed by atoms with E-state index in [0.717, 1.165) is 12.8 Å². The van der Waals surface area contributed by atoms with Crippen LogP contribution in [0.4, 0.5) is 0 Å². The summed E-state index contributed by atoms with van der Waals surface area (Å²) in [4.78, 5) is 11.8. The lowest BCUT2D eigenvalue weighted by molar-refractivity contribution is 0.0955. The summed E-state index contributed by atoms with van der Waals surface area (Å²) in [6.07, 6.45) is 1.77. The number of benzene rings is 1. The van der Waals surface area contributed by atoms with Gasteiger partial charge in [0.05, 0.1) is 4.90 Å². The molecular formula is C12H16N2O3S. The van der Waals surface area contributed by atoms with Crippen molar-refractivity contribution in [2.75, 3.05) is 6.54 Å². The molecule has 2 rings (SSSR count). The minimum absolute atomic E-state index is 0.0584. The lowest BCUT2D eigenvalue weighted by Crippen LogP contribution is -2.27. The van der Waals surface area contributed by atoms with Crippen LogP contribution < -0.4 is 10.0 Å². The first-order valence-corrected chi connectivity index (χ1v) is 7.42. The molecule has 1 aromatic rings. The lowest BCUT2D eigenvalue weighted by Gasteiger charge is -2.07. The van der Waals surface area contributed by atoms with Crippen LogP contribution in [0.1, 0.15) is 30.1 Å². The first-order valence-electron chi connectivity index (χ1n) is 5.93. The van der Waals surface area contributed by atoms with Crippen molar-refractivity contribution >= 4 is 15.9 Å². The van der Waals surface area contributed by atoms with Crippen molar-refractivity contribution < 1.29 is 13.2 Å². The van der Waals surface area contributed by atoms with Crippen molar-refractivity contribution in [1.29, 1.82) is 0 Å². The smallest absolute Gasteiger partial charge is 0.251 e. The maximum absolute atomic E-state index is 12.0. The zero-order valence-electron chi connectivity index (χ0n) is 10.1. The maximum Gasteiger partial charge on any atom is 0.251 e. The number of amides is 1. The second kappa shape index (κ2) is 5.07. The molecule has 1 aromatic carbocycles. The van der Waals surface area contributed by atoms with E-state index in [1.807, 2.05) is 6.92 Å². The molecule has 0 aromatic heterocycles. The second-order valence-corrected chi connectivity index (χ2v) is 6.00. The summed E-state index contributed by atoms with van der Waals surface area (Å²) in [7, 11) is -3.50. The molecule has 6 heteroatoms. The molecule has 1 fully saturated rings. The van der Waals surface area contributed by atoms with E-state index >= 15 is 0 Å². The third kappa shape index (κ3) is 3.08. The van der Waals surface area contributed by atoms with Gasteiger partial charge in [-0.3, -0.25) is 4.79 Å². The summed E-state index contributed by atoms with van der Waals surface area (Å²) < 4.78 is 26.5. The summed E-state index contributed by atoms with van der Waals surface area (Å²) in [6, 6.07) is 6.12. The largest absolute Gasteiger partial charge is 0.352 e. The SMILES string of the molecule is CCNC(=O)c1cccc(S(=O)(=O)NC2CC2)c1. The van der Waals surface area contributed by atoms with E-state index in [9.17, 15) is 13.2 Å². The molecular weight excluding hydrogens is 252 g/mol. The van der Waals surface area contributed by atoms with Crippen LogP contribution in [0.25, 0.3) is 0 Å². The van der Waals surface area contributed by atoms with Gasteiger partial charge >= 0.3 is 0 Å². The van der Waals surface area contributed by atoms with E-state index in [1.165, 1.54) is 12.1 Å². The fraction of sp³-hybridized carbons (Fsp3) is 0.417. The quantitative estimate of drug-likeness (QED) is 0.832. The molecule has 0 bridgehead atoms. The number of hydrogen-bond donors (Lipinski definition) is 2. The molecule has 0 heterocycles. The predicted molar refractivity (Wildman–Crippen MR) is 67.8 cm³/mol. The molecule has 1 aliphatic rings. The van der Waals surface area contributed by atoms with Crippen LogP contribution in [-0.2, 0) is 10.0 Å². The molecule has 98 valence electrons. The summed E-state index contributed by atoms with van der Waals surface area (Å²) in [5, 5.41) is 2.64. The molecule has 0 radical (unpaired) electrons. The van der Waals surface area contributed by atoms with Crippen LogP contribution in [-0.4, -0.2) is 26.9 Å². The Balaban J connectivity index is 2.23. The minimum atomic E-state index is -3.50. The van der Waals surface area contributed by atoms with Gasteiger partial charge in [0, 0.05) is 18.2 Å². The van der Waals surface area contributed by atoms with Gasteiger partial charge in [0.1, 0.15) is 0 Å². The zero-order chi connectivity index (χ0) is 13.2. The van der Waals surface area contributed by atoms with Gasteiger partial charge in [0.15, 0.2) is 0 Å². The van der Waals surface area contributed by atoms with Gasteiger partial charge in [0.25, 0.3) is 5.91 Å². The highest BCUT2D eigenvalue weighted by atomic mass is 32.2. The highest BCUT2D eigenvalue weighted by molar-refractivity contribution is 7.89. The topological polar surface area (TPSA) is 75.3 Å². The van der Waals surface area contributed by atoms with Gasteiger partial charge in [-0.05, 0) is 38.0 Å². The average molecular weight is 268 g/mol. The van der Waals surface area contributed by atoms with Crippen LogP contribution in [0, 0.1) is 0 Å². The summed E-state index contributed by atoms with van der Waals surface area (Å²) in [5.41, 5.74) is 0.357. The molecule has 1 amide bonds. The van der Waals surface area contributed by atoms with E-state index in [1.54, 1.807) is 12.1 Å². The van der Waals surface area contributed by atoms with Crippen molar-refractivity contribution in [3.63, 3.8) is 0 Å². The standard InChI is InChI=1S/C12H16N2O3S/c1-2-13-12(15)9-4-3-5-11(8-9)18(16,17)14-10-6-7-10/h3-5,8,10,14H,2,6-7H2,1H3,(H,13,15). The molecule has 0 atom stereocenters. The van der Waals surface area contributed by atoms with Gasteiger partial charge in [0.2, 0.25) is 10.0 Å². The highest BCUT2D eigenvalue weighted by Gasteiger charge is 2.28. The Hall–Kier alpha value is -1.40. The van der Waals surface area contributed by atoms with Crippen LogP contribution in [0.15, 0.2) is 29.2 Å². The molecule has 0 saturated heterocycles. The van der Waals surface area contributed by atoms with Gasteiger partial charge in [-0.25, -0.2) is 13.1 Å². The van der Waals surface area contributed by atoms with Crippen molar-refractivity contribution in [2.45, 2.75) is 30.7 Å². The fourth-order valence-corrected chi connectivity index (χ4v) is 2.91. The predicted octanol–water partition coefficient (Wildman–Crippen LogP) is 0.877. The van der Waals surface area contributed by atoms with Crippen molar-refractivity contribution in [3.05, 3.63) is 29.8 Å². The number of carbonyl (C=O) groups excluding carboxylic acids is 1. The third-order valence-corrected chi connectivity index (χ3v) is 4.16. The van der Waals surface area contributed by atoms with E-state index < -0.39 is 10.0 Å². The van der Waals surface area contributed by atoms with Crippen molar-refractivity contribution in [1.82, 2.24) is 10.0 Å². The molecule has 1 saturated carbocycles. The molecule has 18 heavy (non-hydrogen) atoms. The summed E-state index contributed by atoms with van der Waals surface area (Å²) in [5.74, 6) is -0.263. The molecule has 0 aliphatic heterocycles. The van der Waals surface area contributed by atoms with Crippen LogP contribution >= 0.6 is 0 Å². The zero-order valence-corrected chi connectivity index (χ0v) is 11.0. The van der Waals surface area contributed by atoms with Crippen LogP contribution in [0.2, 0.25) is 0 Å². The first kappa shape index (κ1) is 13.0. The first-order chi connectivity index (χ1) is 8.53. The Bertz CT molecular complexity index is 550. The van der Waals surface area contributed by atoms with Crippen LogP contribution in [0.5, 0.6) is 0 Å². The number of nitrogens with one attached hydrogen (secondary N) is 2. The summed E-state index contributed by atoms with van der Waals surface area (Å²) >= 11 is 0. The Labute approximate surface area is 107 Å². The highest BCUT2D eigenvalue weighted by Crippen LogP contribution is 2.22. The Kier molecular flexibility index (Phi) is 3.68. The minimum Gasteiger partial charge on any atom is -0.352 e. The number of sulfonamides is 1. The lowest BCUT2D eigenvalue weighted by atomic mass is 10.2. The van der Waals surface area contributed by atoms with E-state index in [2.05, 4.69) is 10.0 Å². The Morgan fingerprint density at radius 3 is 2.72 bits per heavy atom. The van der Waals surface area contributed by atoms with Gasteiger partial charge in [-0.1, -0.05) is 6.07 Å². The maximum atomic E-state index is 12.0. The van der Waals surface area contributed by atoms with Crippen molar-refractivity contribution in [3.8, 4) is 0 Å². The summed E-state index contributed by atoms with van der Waals surface area (Å²) in [6.45, 7) is 2.32. The fourth-order valence-electron chi connectivity index (χ4n) is 1.56. The average Bonchev–Trinajstić information content (AvgIpc) is 3.13. The third-order valence-electron chi connectivity index (χ3n) is 2.64. The molecule has 0 unspecified atom stereocenters. The van der Waals surface area contributed by atoms with Gasteiger partial charge in [-0.2, -0.15) is 0 Å². The molecule has 2 N–H and O–H groups in total. The van der Waals surface area contributed by atoms with E-state index in [0.29, 0.717) is 12.1 Å². The van der Waals surface area contributed by atoms with Gasteiger partial charge < -0.3 is 5.32 Å². The normalized spacial score (nSPS) is 15.4. The van der Waals surface area contributed by atoms with E-state index in [-0.39, 0.29) is 16.8 Å². The Morgan fingerprint density at radius 2 is 2.11 bits per heavy atom. The number of carbonyl (C=O) groups is 1. The monoisotopic (exact) mass is 268 g/mol. The van der Waals surface area contributed by atoms with E-state index in [4.69, 9.17) is 0 Å².